The molecule has 14 heteroatoms. The second-order valence-electron chi connectivity index (χ2n) is 6.37. The molecule has 1 N–H and O–H groups in total. The summed E-state index contributed by atoms with van der Waals surface area (Å²) in [7, 11) is 0. The number of amides is 1. The number of nitrogens with zero attached hydrogens (tertiary/aromatic N) is 4. The van der Waals surface area contributed by atoms with Crippen molar-refractivity contribution in [1.82, 2.24) is 14.8 Å². The minimum Gasteiger partial charge on any atom is -0.470 e. The van der Waals surface area contributed by atoms with Gasteiger partial charge < -0.3 is 9.47 Å². The molecule has 170 valence electrons. The number of carbonyl (C=O) groups excluding carboxylic acids is 1. The Labute approximate surface area is 192 Å². The number of carbonyl (C=O) groups is 1. The first kappa shape index (κ1) is 22.4. The van der Waals surface area contributed by atoms with Crippen LogP contribution in [0.4, 0.5) is 19.6 Å². The van der Waals surface area contributed by atoms with Crippen LogP contribution in [0.3, 0.4) is 0 Å². The molecule has 0 aliphatic rings. The summed E-state index contributed by atoms with van der Waals surface area (Å²) in [6.07, 6.45) is 1.50. The highest BCUT2D eigenvalue weighted by Crippen LogP contribution is 2.30. The molecule has 2 heterocycles. The van der Waals surface area contributed by atoms with Crippen LogP contribution < -0.4 is 14.8 Å². The lowest BCUT2D eigenvalue weighted by Gasteiger charge is -2.07. The number of benzene rings is 2. The van der Waals surface area contributed by atoms with Gasteiger partial charge in [0, 0.05) is 18.3 Å². The monoisotopic (exact) mass is 495 g/mol. The summed E-state index contributed by atoms with van der Waals surface area (Å²) in [6, 6.07) is 9.52. The van der Waals surface area contributed by atoms with Gasteiger partial charge in [0.05, 0.1) is 20.2 Å². The normalized spacial score (nSPS) is 11.0. The van der Waals surface area contributed by atoms with E-state index < -0.39 is 17.4 Å². The molecule has 0 spiro atoms. The highest BCUT2D eigenvalue weighted by atomic mass is 35.5. The van der Waals surface area contributed by atoms with Gasteiger partial charge in [0.2, 0.25) is 0 Å². The molecule has 0 saturated heterocycles. The summed E-state index contributed by atoms with van der Waals surface area (Å²) < 4.78 is 36.5. The van der Waals surface area contributed by atoms with Crippen LogP contribution in [0.2, 0.25) is 5.02 Å². The van der Waals surface area contributed by atoms with Crippen molar-refractivity contribution in [2.24, 2.45) is 0 Å². The quantitative estimate of drug-likeness (QED) is 0.271. The van der Waals surface area contributed by atoms with E-state index in [4.69, 9.17) is 16.3 Å². The second-order valence-corrected chi connectivity index (χ2v) is 7.80. The Morgan fingerprint density at radius 3 is 2.82 bits per heavy atom. The van der Waals surface area contributed by atoms with Gasteiger partial charge in [-0.2, -0.15) is 13.9 Å². The van der Waals surface area contributed by atoms with Crippen molar-refractivity contribution in [3.63, 3.8) is 0 Å². The van der Waals surface area contributed by atoms with E-state index in [-0.39, 0.29) is 39.8 Å². The fourth-order valence-corrected chi connectivity index (χ4v) is 3.83. The molecule has 10 nitrogen and oxygen atoms in total. The molecular weight excluding hydrogens is 484 g/mol. The minimum atomic E-state index is -2.94. The lowest BCUT2D eigenvalue weighted by atomic mass is 10.3. The summed E-state index contributed by atoms with van der Waals surface area (Å²) in [5, 5.41) is 17.8. The third-order valence-corrected chi connectivity index (χ3v) is 5.39. The Kier molecular flexibility index (Phi) is 6.33. The number of hydrogen-bond acceptors (Lipinski definition) is 8. The first-order chi connectivity index (χ1) is 15.8. The lowest BCUT2D eigenvalue weighted by molar-refractivity contribution is -0.384. The summed E-state index contributed by atoms with van der Waals surface area (Å²) in [5.41, 5.74) is 0.420. The van der Waals surface area contributed by atoms with E-state index in [0.29, 0.717) is 10.2 Å². The Hall–Kier alpha value is -3.84. The van der Waals surface area contributed by atoms with Gasteiger partial charge >= 0.3 is 6.61 Å². The van der Waals surface area contributed by atoms with Crippen molar-refractivity contribution in [3.8, 4) is 11.5 Å². The maximum absolute atomic E-state index is 12.5. The Balaban J connectivity index is 1.39. The minimum absolute atomic E-state index is 0.00843. The molecule has 4 aromatic rings. The van der Waals surface area contributed by atoms with Crippen molar-refractivity contribution in [2.75, 3.05) is 5.32 Å². The van der Waals surface area contributed by atoms with Crippen molar-refractivity contribution in [3.05, 3.63) is 69.5 Å². The zero-order chi connectivity index (χ0) is 23.5. The van der Waals surface area contributed by atoms with E-state index in [1.165, 1.54) is 53.3 Å². The third-order valence-electron chi connectivity index (χ3n) is 4.16. The largest absolute Gasteiger partial charge is 0.470 e. The molecule has 33 heavy (non-hydrogen) atoms. The average molecular weight is 496 g/mol. The standard InChI is InChI=1S/C19H12ClF2N5O5S/c20-12-7-10(27(29)30)1-4-15(12)31-9-26-6-5-14(25-26)17(28)24-19-23-13-3-2-11(32-18(21)22)8-16(13)33-19/h1-8,18H,9H2,(H,23,24,28). The molecular formula is C19H12ClF2N5O5S. The van der Waals surface area contributed by atoms with E-state index in [0.717, 1.165) is 11.3 Å². The summed E-state index contributed by atoms with van der Waals surface area (Å²) in [6.45, 7) is -3.04. The van der Waals surface area contributed by atoms with Crippen LogP contribution in [-0.4, -0.2) is 32.2 Å². The number of rotatable bonds is 8. The number of hydrogen-bond donors (Lipinski definition) is 1. The van der Waals surface area contributed by atoms with E-state index in [1.54, 1.807) is 0 Å². The number of anilines is 1. The van der Waals surface area contributed by atoms with Gasteiger partial charge in [-0.3, -0.25) is 20.2 Å². The molecule has 0 bridgehead atoms. The van der Waals surface area contributed by atoms with Crippen LogP contribution in [0.5, 0.6) is 11.5 Å². The fourth-order valence-electron chi connectivity index (χ4n) is 2.71. The highest BCUT2D eigenvalue weighted by molar-refractivity contribution is 7.22. The van der Waals surface area contributed by atoms with E-state index >= 15 is 0 Å². The topological polar surface area (TPSA) is 121 Å². The Morgan fingerprint density at radius 2 is 2.09 bits per heavy atom. The van der Waals surface area contributed by atoms with Crippen LogP contribution >= 0.6 is 22.9 Å². The van der Waals surface area contributed by atoms with Crippen molar-refractivity contribution in [2.45, 2.75) is 13.3 Å². The van der Waals surface area contributed by atoms with Gasteiger partial charge in [-0.25, -0.2) is 9.67 Å². The summed E-state index contributed by atoms with van der Waals surface area (Å²) in [5.74, 6) is -0.329. The fraction of sp³-hybridized carbons (Fsp3) is 0.105. The number of nitro groups is 1. The van der Waals surface area contributed by atoms with Crippen LogP contribution in [0.25, 0.3) is 10.2 Å². The molecule has 0 fully saturated rings. The van der Waals surface area contributed by atoms with Crippen molar-refractivity contribution in [1.29, 1.82) is 0 Å². The summed E-state index contributed by atoms with van der Waals surface area (Å²) in [4.78, 5) is 26.9. The molecule has 0 saturated carbocycles. The first-order valence-electron chi connectivity index (χ1n) is 9.05. The molecule has 2 aromatic carbocycles. The number of aromatic nitrogens is 3. The molecule has 0 unspecified atom stereocenters. The highest BCUT2D eigenvalue weighted by Gasteiger charge is 2.15. The Morgan fingerprint density at radius 1 is 1.27 bits per heavy atom. The Bertz CT molecular complexity index is 1350. The molecule has 0 aliphatic heterocycles. The van der Waals surface area contributed by atoms with Crippen molar-refractivity contribution >= 4 is 49.9 Å². The van der Waals surface area contributed by atoms with Gasteiger partial charge in [-0.05, 0) is 30.3 Å². The number of alkyl halides is 2. The number of halogens is 3. The van der Waals surface area contributed by atoms with Crippen LogP contribution in [0.15, 0.2) is 48.7 Å². The maximum Gasteiger partial charge on any atom is 0.387 e. The number of nitrogens with one attached hydrogen (secondary N) is 1. The predicted molar refractivity (Wildman–Crippen MR) is 115 cm³/mol. The maximum atomic E-state index is 12.5. The predicted octanol–water partition coefficient (Wildman–Crippen LogP) is 4.94. The van der Waals surface area contributed by atoms with Gasteiger partial charge in [0.1, 0.15) is 11.5 Å². The van der Waals surface area contributed by atoms with Crippen molar-refractivity contribution < 1.29 is 28.0 Å². The van der Waals surface area contributed by atoms with Crippen LogP contribution in [-0.2, 0) is 6.73 Å². The smallest absolute Gasteiger partial charge is 0.387 e. The number of nitro benzene ring substituents is 1. The SMILES string of the molecule is O=C(Nc1nc2ccc(OC(F)F)cc2s1)c1ccn(COc2ccc([N+](=O)[O-])cc2Cl)n1. The molecule has 0 atom stereocenters. The van der Waals surface area contributed by atoms with Gasteiger partial charge in [0.25, 0.3) is 11.6 Å². The molecule has 2 aromatic heterocycles. The molecule has 4 rings (SSSR count). The number of fused-ring (bicyclic) bond motifs is 1. The zero-order valence-corrected chi connectivity index (χ0v) is 17.8. The summed E-state index contributed by atoms with van der Waals surface area (Å²) >= 11 is 7.07. The molecule has 0 radical (unpaired) electrons. The lowest BCUT2D eigenvalue weighted by Crippen LogP contribution is -2.14. The second kappa shape index (κ2) is 9.34. The van der Waals surface area contributed by atoms with E-state index in [1.807, 2.05) is 0 Å². The number of non-ortho nitro benzene ring substituents is 1. The zero-order valence-electron chi connectivity index (χ0n) is 16.3. The number of ether oxygens (including phenoxy) is 2. The van der Waals surface area contributed by atoms with E-state index in [9.17, 15) is 23.7 Å². The van der Waals surface area contributed by atoms with Gasteiger partial charge in [-0.15, -0.1) is 0 Å². The molecule has 0 aliphatic carbocycles. The molecule has 1 amide bonds. The average Bonchev–Trinajstić information content (AvgIpc) is 3.38. The van der Waals surface area contributed by atoms with Crippen LogP contribution in [0, 0.1) is 10.1 Å². The van der Waals surface area contributed by atoms with E-state index in [2.05, 4.69) is 20.1 Å². The third kappa shape index (κ3) is 5.32. The number of thiazole rings is 1. The van der Waals surface area contributed by atoms with Gasteiger partial charge in [-0.1, -0.05) is 22.9 Å². The van der Waals surface area contributed by atoms with Crippen LogP contribution in [0.1, 0.15) is 10.5 Å². The first-order valence-corrected chi connectivity index (χ1v) is 10.2. The van der Waals surface area contributed by atoms with Gasteiger partial charge in [0.15, 0.2) is 17.6 Å².